The second kappa shape index (κ2) is 4.79. The molecule has 3 heterocycles. The van der Waals surface area contributed by atoms with Gasteiger partial charge in [0.25, 0.3) is 5.91 Å². The Balaban J connectivity index is 1.56. The van der Waals surface area contributed by atoms with Crippen LogP contribution in [0.4, 0.5) is 4.39 Å². The molecule has 2 unspecified atom stereocenters. The monoisotopic (exact) mass is 313 g/mol. The molecule has 4 aliphatic rings. The van der Waals surface area contributed by atoms with Gasteiger partial charge in [-0.25, -0.2) is 9.37 Å². The van der Waals surface area contributed by atoms with E-state index in [2.05, 4.69) is 9.97 Å². The summed E-state index contributed by atoms with van der Waals surface area (Å²) in [6.45, 7) is 0.832. The number of benzene rings is 1. The summed E-state index contributed by atoms with van der Waals surface area (Å²) in [6, 6.07) is 3.08. The van der Waals surface area contributed by atoms with Gasteiger partial charge in [0, 0.05) is 12.6 Å². The van der Waals surface area contributed by atoms with E-state index in [9.17, 15) is 9.18 Å². The smallest absolute Gasteiger partial charge is 0.256 e. The van der Waals surface area contributed by atoms with Gasteiger partial charge < -0.3 is 9.88 Å². The number of amides is 1. The first-order chi connectivity index (χ1) is 11.2. The van der Waals surface area contributed by atoms with Crippen molar-refractivity contribution in [3.05, 3.63) is 29.8 Å². The third-order valence-electron chi connectivity index (χ3n) is 6.09. The van der Waals surface area contributed by atoms with E-state index in [0.717, 1.165) is 31.2 Å². The Morgan fingerprint density at radius 2 is 1.87 bits per heavy atom. The molecule has 2 saturated heterocycles. The Hall–Kier alpha value is -1.91. The Kier molecular flexibility index (Phi) is 2.82. The van der Waals surface area contributed by atoms with E-state index < -0.39 is 0 Å². The first kappa shape index (κ1) is 13.5. The zero-order valence-electron chi connectivity index (χ0n) is 13.0. The highest BCUT2D eigenvalue weighted by Gasteiger charge is 2.44. The van der Waals surface area contributed by atoms with Crippen LogP contribution in [0.2, 0.25) is 0 Å². The normalized spacial score (nSPS) is 32.5. The molecule has 2 aliphatic carbocycles. The number of carbonyl (C=O) groups is 1. The maximum absolute atomic E-state index is 13.9. The lowest BCUT2D eigenvalue weighted by Crippen LogP contribution is -2.42. The van der Waals surface area contributed by atoms with E-state index in [1.165, 1.54) is 37.7 Å². The number of halogens is 1. The molecule has 4 atom stereocenters. The second-order valence-electron chi connectivity index (χ2n) is 7.64. The average molecular weight is 313 g/mol. The van der Waals surface area contributed by atoms with Gasteiger partial charge in [-0.2, -0.15) is 0 Å². The van der Waals surface area contributed by atoms with E-state index in [0.29, 0.717) is 28.6 Å². The quantitative estimate of drug-likeness (QED) is 0.877. The standard InChI is InChI=1S/C18H20FN3O/c19-13-6-15(17-16(7-13)20-9-21-17)18(23)22-8-12-2-10-1-11(3-12)5-14(22)4-10/h6-7,9-12,14H,1-5,8H2,(H,20,21)/t10-,11+,12?,14?. The molecule has 120 valence electrons. The molecule has 4 bridgehead atoms. The van der Waals surface area contributed by atoms with Gasteiger partial charge in [0.05, 0.1) is 17.4 Å². The van der Waals surface area contributed by atoms with Crippen LogP contribution in [0.1, 0.15) is 42.5 Å². The van der Waals surface area contributed by atoms with Crippen LogP contribution in [0.25, 0.3) is 11.0 Å². The van der Waals surface area contributed by atoms with E-state index in [1.807, 2.05) is 4.90 Å². The Labute approximate surface area is 134 Å². The highest BCUT2D eigenvalue weighted by Crippen LogP contribution is 2.47. The molecular weight excluding hydrogens is 293 g/mol. The second-order valence-corrected chi connectivity index (χ2v) is 7.64. The van der Waals surface area contributed by atoms with Crippen molar-refractivity contribution in [2.45, 2.75) is 38.1 Å². The number of hydrogen-bond donors (Lipinski definition) is 1. The topological polar surface area (TPSA) is 49.0 Å². The molecule has 1 aromatic carbocycles. The molecule has 4 nitrogen and oxygen atoms in total. The van der Waals surface area contributed by atoms with Crippen LogP contribution in [0, 0.1) is 23.6 Å². The molecule has 6 rings (SSSR count). The number of imidazole rings is 1. The molecule has 1 amide bonds. The average Bonchev–Trinajstić information content (AvgIpc) is 2.89. The molecule has 0 spiro atoms. The van der Waals surface area contributed by atoms with Crippen LogP contribution in [-0.4, -0.2) is 33.4 Å². The van der Waals surface area contributed by atoms with Crippen LogP contribution in [0.15, 0.2) is 18.5 Å². The van der Waals surface area contributed by atoms with Gasteiger partial charge in [-0.05, 0) is 62.0 Å². The SMILES string of the molecule is O=C(c1cc(F)cc2[nH]cnc12)N1CC2C[C@@H]3CC1C[C@H](C2)C3. The lowest BCUT2D eigenvalue weighted by atomic mass is 9.68. The van der Waals surface area contributed by atoms with Crippen LogP contribution in [-0.2, 0) is 0 Å². The summed E-state index contributed by atoms with van der Waals surface area (Å²) in [6.07, 6.45) is 7.64. The number of nitrogens with zero attached hydrogens (tertiary/aromatic N) is 2. The zero-order chi connectivity index (χ0) is 15.6. The molecule has 0 radical (unpaired) electrons. The molecule has 1 aromatic heterocycles. The van der Waals surface area contributed by atoms with Crippen molar-refractivity contribution in [3.63, 3.8) is 0 Å². The number of fused-ring (bicyclic) bond motifs is 2. The van der Waals surface area contributed by atoms with Gasteiger partial charge in [-0.15, -0.1) is 0 Å². The van der Waals surface area contributed by atoms with Crippen LogP contribution in [0.5, 0.6) is 0 Å². The largest absolute Gasteiger partial charge is 0.344 e. The fraction of sp³-hybridized carbons (Fsp3) is 0.556. The minimum atomic E-state index is -0.384. The lowest BCUT2D eigenvalue weighted by Gasteiger charge is -2.39. The van der Waals surface area contributed by atoms with Crippen molar-refractivity contribution in [3.8, 4) is 0 Å². The fourth-order valence-electron chi connectivity index (χ4n) is 5.37. The van der Waals surface area contributed by atoms with Gasteiger partial charge in [-0.1, -0.05) is 0 Å². The summed E-state index contributed by atoms with van der Waals surface area (Å²) >= 11 is 0. The Bertz CT molecular complexity index is 772. The van der Waals surface area contributed by atoms with Gasteiger partial charge >= 0.3 is 0 Å². The number of nitrogens with one attached hydrogen (secondary N) is 1. The molecule has 4 fully saturated rings. The Morgan fingerprint density at radius 3 is 2.65 bits per heavy atom. The Morgan fingerprint density at radius 1 is 1.13 bits per heavy atom. The number of aromatic amines is 1. The summed E-state index contributed by atoms with van der Waals surface area (Å²) in [7, 11) is 0. The van der Waals surface area contributed by atoms with E-state index in [1.54, 1.807) is 0 Å². The number of aromatic nitrogens is 2. The third kappa shape index (κ3) is 2.09. The summed E-state index contributed by atoms with van der Waals surface area (Å²) < 4.78 is 13.9. The van der Waals surface area contributed by atoms with Crippen molar-refractivity contribution in [2.24, 2.45) is 17.8 Å². The molecule has 5 heteroatoms. The molecule has 1 N–H and O–H groups in total. The van der Waals surface area contributed by atoms with E-state index in [-0.39, 0.29) is 11.7 Å². The minimum absolute atomic E-state index is 0.0419. The highest BCUT2D eigenvalue weighted by atomic mass is 19.1. The zero-order valence-corrected chi connectivity index (χ0v) is 13.0. The fourth-order valence-corrected chi connectivity index (χ4v) is 5.37. The number of H-pyrrole nitrogens is 1. The first-order valence-corrected chi connectivity index (χ1v) is 8.61. The van der Waals surface area contributed by atoms with Crippen molar-refractivity contribution in [1.29, 1.82) is 0 Å². The summed E-state index contributed by atoms with van der Waals surface area (Å²) in [5, 5.41) is 0. The molecular formula is C18H20FN3O. The summed E-state index contributed by atoms with van der Waals surface area (Å²) in [4.78, 5) is 22.4. The maximum Gasteiger partial charge on any atom is 0.256 e. The molecule has 2 aliphatic heterocycles. The molecule has 23 heavy (non-hydrogen) atoms. The van der Waals surface area contributed by atoms with Crippen LogP contribution < -0.4 is 0 Å². The maximum atomic E-state index is 13.9. The lowest BCUT2D eigenvalue weighted by molar-refractivity contribution is 0.0634. The number of carbonyl (C=O) groups excluding carboxylic acids is 1. The van der Waals surface area contributed by atoms with Crippen molar-refractivity contribution in [2.75, 3.05) is 6.54 Å². The van der Waals surface area contributed by atoms with Gasteiger partial charge in [-0.3, -0.25) is 4.79 Å². The predicted molar refractivity (Wildman–Crippen MR) is 84.4 cm³/mol. The molecule has 2 aromatic rings. The number of hydrogen-bond acceptors (Lipinski definition) is 2. The van der Waals surface area contributed by atoms with E-state index >= 15 is 0 Å². The van der Waals surface area contributed by atoms with Crippen molar-refractivity contribution >= 4 is 16.9 Å². The summed E-state index contributed by atoms with van der Waals surface area (Å²) in [5.41, 5.74) is 1.58. The summed E-state index contributed by atoms with van der Waals surface area (Å²) in [5.74, 6) is 1.77. The number of rotatable bonds is 1. The van der Waals surface area contributed by atoms with Crippen LogP contribution in [0.3, 0.4) is 0 Å². The van der Waals surface area contributed by atoms with Gasteiger partial charge in [0.1, 0.15) is 11.3 Å². The van der Waals surface area contributed by atoms with Gasteiger partial charge in [0.2, 0.25) is 0 Å². The van der Waals surface area contributed by atoms with Crippen LogP contribution >= 0.6 is 0 Å². The minimum Gasteiger partial charge on any atom is -0.344 e. The van der Waals surface area contributed by atoms with Crippen molar-refractivity contribution < 1.29 is 9.18 Å². The third-order valence-corrected chi connectivity index (χ3v) is 6.09. The first-order valence-electron chi connectivity index (χ1n) is 8.61. The predicted octanol–water partition coefficient (Wildman–Crippen LogP) is 3.35. The van der Waals surface area contributed by atoms with Crippen molar-refractivity contribution in [1.82, 2.24) is 14.9 Å². The highest BCUT2D eigenvalue weighted by molar-refractivity contribution is 6.05. The van der Waals surface area contributed by atoms with Gasteiger partial charge in [0.15, 0.2) is 0 Å². The van der Waals surface area contributed by atoms with E-state index in [4.69, 9.17) is 0 Å². The molecule has 2 saturated carbocycles.